The summed E-state index contributed by atoms with van der Waals surface area (Å²) < 4.78 is 0. The van der Waals surface area contributed by atoms with E-state index in [4.69, 9.17) is 0 Å². The van der Waals surface area contributed by atoms with Crippen molar-refractivity contribution in [2.75, 3.05) is 0 Å². The zero-order chi connectivity index (χ0) is 16.5. The van der Waals surface area contributed by atoms with Crippen LogP contribution in [0.15, 0.2) is 30.0 Å². The number of carbonyl (C=O) groups excluding carboxylic acids is 1. The molecule has 0 atom stereocenters. The molecule has 4 nitrogen and oxygen atoms in total. The van der Waals surface area contributed by atoms with Gasteiger partial charge in [-0.05, 0) is 43.0 Å². The number of carbonyl (C=O) groups is 1. The molecule has 0 saturated heterocycles. The minimum Gasteiger partial charge on any atom is -0.361 e. The average Bonchev–Trinajstić information content (AvgIpc) is 3.25. The molecule has 1 aromatic carbocycles. The van der Waals surface area contributed by atoms with Crippen LogP contribution >= 0.6 is 11.3 Å². The lowest BCUT2D eigenvalue weighted by Gasteiger charge is -2.23. The van der Waals surface area contributed by atoms with Crippen LogP contribution in [-0.4, -0.2) is 21.9 Å². The summed E-state index contributed by atoms with van der Waals surface area (Å²) in [5, 5.41) is 4.28. The van der Waals surface area contributed by atoms with Gasteiger partial charge in [0.2, 0.25) is 0 Å². The maximum atomic E-state index is 13.0. The van der Waals surface area contributed by atoms with Gasteiger partial charge in [0.15, 0.2) is 0 Å². The zero-order valence-electron chi connectivity index (χ0n) is 13.8. The molecule has 2 heterocycles. The molecule has 124 valence electrons. The minimum absolute atomic E-state index is 0.0426. The lowest BCUT2D eigenvalue weighted by atomic mass is 9.94. The highest BCUT2D eigenvalue weighted by Crippen LogP contribution is 2.31. The van der Waals surface area contributed by atoms with Crippen molar-refractivity contribution in [1.29, 1.82) is 0 Å². The van der Waals surface area contributed by atoms with Crippen LogP contribution in [0, 0.1) is 6.92 Å². The van der Waals surface area contributed by atoms with Crippen LogP contribution in [0.25, 0.3) is 21.3 Å². The standard InChI is InChI=1S/C19H21N3OS/c1-12-9-21-16-8-13(17-10-20-11-24-17)7-15(18(12)16)19(23)22-14-5-3-2-4-6-14/h7-11,14,21H,2-6H2,1H3,(H,22,23). The van der Waals surface area contributed by atoms with Gasteiger partial charge in [-0.1, -0.05) is 19.3 Å². The Kier molecular flexibility index (Phi) is 4.10. The van der Waals surface area contributed by atoms with Crippen LogP contribution < -0.4 is 5.32 Å². The second kappa shape index (κ2) is 6.40. The van der Waals surface area contributed by atoms with Crippen LogP contribution in [0.2, 0.25) is 0 Å². The van der Waals surface area contributed by atoms with Gasteiger partial charge in [0.1, 0.15) is 0 Å². The molecule has 0 radical (unpaired) electrons. The number of aryl methyl sites for hydroxylation is 1. The van der Waals surface area contributed by atoms with E-state index in [1.807, 2.05) is 30.9 Å². The van der Waals surface area contributed by atoms with Crippen LogP contribution in [0.5, 0.6) is 0 Å². The maximum Gasteiger partial charge on any atom is 0.252 e. The predicted molar refractivity (Wildman–Crippen MR) is 98.5 cm³/mol. The third-order valence-corrected chi connectivity index (χ3v) is 5.70. The summed E-state index contributed by atoms with van der Waals surface area (Å²) in [5.41, 5.74) is 5.74. The Morgan fingerprint density at radius 1 is 1.29 bits per heavy atom. The number of H-pyrrole nitrogens is 1. The molecule has 1 amide bonds. The maximum absolute atomic E-state index is 13.0. The Morgan fingerprint density at radius 3 is 2.88 bits per heavy atom. The highest BCUT2D eigenvalue weighted by Gasteiger charge is 2.20. The fraction of sp³-hybridized carbons (Fsp3) is 0.368. The van der Waals surface area contributed by atoms with Gasteiger partial charge in [-0.25, -0.2) is 0 Å². The van der Waals surface area contributed by atoms with Crippen molar-refractivity contribution >= 4 is 28.1 Å². The van der Waals surface area contributed by atoms with E-state index in [1.54, 1.807) is 11.3 Å². The number of aromatic nitrogens is 2. The van der Waals surface area contributed by atoms with E-state index in [1.165, 1.54) is 19.3 Å². The molecule has 3 aromatic rings. The molecular weight excluding hydrogens is 318 g/mol. The van der Waals surface area contributed by atoms with Crippen LogP contribution in [-0.2, 0) is 0 Å². The number of nitrogens with zero attached hydrogens (tertiary/aromatic N) is 1. The van der Waals surface area contributed by atoms with E-state index in [0.29, 0.717) is 6.04 Å². The number of aromatic amines is 1. The highest BCUT2D eigenvalue weighted by atomic mass is 32.1. The Labute approximate surface area is 145 Å². The fourth-order valence-corrected chi connectivity index (χ4v) is 4.24. The summed E-state index contributed by atoms with van der Waals surface area (Å²) in [6, 6.07) is 4.43. The summed E-state index contributed by atoms with van der Waals surface area (Å²) in [6.07, 6.45) is 9.72. The first kappa shape index (κ1) is 15.4. The molecule has 1 fully saturated rings. The van der Waals surface area contributed by atoms with Gasteiger partial charge < -0.3 is 10.3 Å². The van der Waals surface area contributed by atoms with Crippen molar-refractivity contribution < 1.29 is 4.79 Å². The molecule has 0 spiro atoms. The Hall–Kier alpha value is -2.14. The molecule has 1 aliphatic carbocycles. The molecule has 1 aliphatic rings. The summed E-state index contributed by atoms with van der Waals surface area (Å²) in [7, 11) is 0. The summed E-state index contributed by atoms with van der Waals surface area (Å²) >= 11 is 1.59. The smallest absolute Gasteiger partial charge is 0.252 e. The van der Waals surface area contributed by atoms with Gasteiger partial charge in [-0.2, -0.15) is 0 Å². The lowest BCUT2D eigenvalue weighted by molar-refractivity contribution is 0.0929. The molecule has 2 aromatic heterocycles. The molecule has 0 aliphatic heterocycles. The average molecular weight is 339 g/mol. The second-order valence-corrected chi connectivity index (χ2v) is 7.48. The van der Waals surface area contributed by atoms with E-state index in [0.717, 1.165) is 45.3 Å². The van der Waals surface area contributed by atoms with Gasteiger partial charge in [0.25, 0.3) is 5.91 Å². The van der Waals surface area contributed by atoms with Crippen molar-refractivity contribution in [1.82, 2.24) is 15.3 Å². The Morgan fingerprint density at radius 2 is 2.12 bits per heavy atom. The van der Waals surface area contributed by atoms with Crippen molar-refractivity contribution in [3.63, 3.8) is 0 Å². The highest BCUT2D eigenvalue weighted by molar-refractivity contribution is 7.13. The van der Waals surface area contributed by atoms with Crippen LogP contribution in [0.3, 0.4) is 0 Å². The lowest BCUT2D eigenvalue weighted by Crippen LogP contribution is -2.36. The number of thiazole rings is 1. The summed E-state index contributed by atoms with van der Waals surface area (Å²) in [5.74, 6) is 0.0426. The van der Waals surface area contributed by atoms with E-state index >= 15 is 0 Å². The normalized spacial score (nSPS) is 15.7. The molecule has 4 rings (SSSR count). The molecule has 5 heteroatoms. The third kappa shape index (κ3) is 2.84. The number of fused-ring (bicyclic) bond motifs is 1. The van der Waals surface area contributed by atoms with Crippen molar-refractivity contribution in [3.05, 3.63) is 41.2 Å². The minimum atomic E-state index is 0.0426. The van der Waals surface area contributed by atoms with E-state index in [-0.39, 0.29) is 5.91 Å². The molecule has 0 bridgehead atoms. The number of hydrogen-bond donors (Lipinski definition) is 2. The SMILES string of the molecule is Cc1c[nH]c2cc(-c3cncs3)cc(C(=O)NC3CCCCC3)c12. The molecule has 2 N–H and O–H groups in total. The van der Waals surface area contributed by atoms with Crippen LogP contribution in [0.1, 0.15) is 48.0 Å². The van der Waals surface area contributed by atoms with E-state index in [2.05, 4.69) is 21.4 Å². The van der Waals surface area contributed by atoms with Crippen LogP contribution in [0.4, 0.5) is 0 Å². The topological polar surface area (TPSA) is 57.8 Å². The first-order valence-electron chi connectivity index (χ1n) is 8.54. The van der Waals surface area contributed by atoms with E-state index in [9.17, 15) is 4.79 Å². The number of amides is 1. The molecule has 1 saturated carbocycles. The molecule has 24 heavy (non-hydrogen) atoms. The Balaban J connectivity index is 1.74. The van der Waals surface area contributed by atoms with Crippen molar-refractivity contribution in [3.8, 4) is 10.4 Å². The van der Waals surface area contributed by atoms with Gasteiger partial charge in [-0.15, -0.1) is 11.3 Å². The van der Waals surface area contributed by atoms with Crippen molar-refractivity contribution in [2.45, 2.75) is 45.1 Å². The fourth-order valence-electron chi connectivity index (χ4n) is 3.63. The quantitative estimate of drug-likeness (QED) is 0.729. The summed E-state index contributed by atoms with van der Waals surface area (Å²) in [6.45, 7) is 2.04. The van der Waals surface area contributed by atoms with E-state index < -0.39 is 0 Å². The van der Waals surface area contributed by atoms with Crippen molar-refractivity contribution in [2.24, 2.45) is 0 Å². The largest absolute Gasteiger partial charge is 0.361 e. The zero-order valence-corrected chi connectivity index (χ0v) is 14.6. The monoisotopic (exact) mass is 339 g/mol. The Bertz CT molecular complexity index is 860. The number of nitrogens with one attached hydrogen (secondary N) is 2. The second-order valence-electron chi connectivity index (χ2n) is 6.59. The first-order valence-corrected chi connectivity index (χ1v) is 9.42. The molecule has 0 unspecified atom stereocenters. The van der Waals surface area contributed by atoms with Gasteiger partial charge in [0, 0.05) is 34.9 Å². The predicted octanol–water partition coefficient (Wildman–Crippen LogP) is 4.66. The number of hydrogen-bond acceptors (Lipinski definition) is 3. The van der Waals surface area contributed by atoms with Gasteiger partial charge >= 0.3 is 0 Å². The number of rotatable bonds is 3. The van der Waals surface area contributed by atoms with Gasteiger partial charge in [-0.3, -0.25) is 9.78 Å². The van der Waals surface area contributed by atoms with Gasteiger partial charge in [0.05, 0.1) is 10.4 Å². The molecular formula is C19H21N3OS. The number of benzene rings is 1. The first-order chi connectivity index (χ1) is 11.7. The third-order valence-electron chi connectivity index (χ3n) is 4.88. The summed E-state index contributed by atoms with van der Waals surface area (Å²) in [4.78, 5) is 21.5.